The van der Waals surface area contributed by atoms with Crippen molar-refractivity contribution >= 4 is 19.3 Å². The second-order valence-corrected chi connectivity index (χ2v) is 7.72. The molecule has 190 valence electrons. The van der Waals surface area contributed by atoms with E-state index in [1.165, 1.54) is 34.9 Å². The van der Waals surface area contributed by atoms with Gasteiger partial charge in [-0.3, -0.25) is 4.99 Å². The second-order valence-electron chi connectivity index (χ2n) is 7.46. The first-order valence-corrected chi connectivity index (χ1v) is 11.9. The highest BCUT2D eigenvalue weighted by Gasteiger charge is 2.43. The Kier molecular flexibility index (Phi) is 12.3. The van der Waals surface area contributed by atoms with Crippen molar-refractivity contribution in [3.05, 3.63) is 52.6 Å². The third-order valence-electron chi connectivity index (χ3n) is 5.12. The molecule has 0 amide bonds. The molecule has 2 aromatic carbocycles. The van der Waals surface area contributed by atoms with E-state index in [9.17, 15) is 8.78 Å². The molecule has 2 N–H and O–H groups in total. The molecule has 0 saturated carbocycles. The fourth-order valence-corrected chi connectivity index (χ4v) is 3.21. The number of fused-ring (bicyclic) bond motifs is 1. The van der Waals surface area contributed by atoms with Gasteiger partial charge in [0.1, 0.15) is 17.9 Å². The lowest BCUT2D eigenvalue weighted by Crippen LogP contribution is -2.25. The van der Waals surface area contributed by atoms with Crippen molar-refractivity contribution in [2.75, 3.05) is 26.1 Å². The molecule has 1 atom stereocenters. The number of halogens is 2. The highest BCUT2D eigenvalue weighted by Crippen LogP contribution is 2.41. The van der Waals surface area contributed by atoms with Crippen LogP contribution in [0.3, 0.4) is 0 Å². The maximum Gasteiger partial charge on any atom is 0.586 e. The van der Waals surface area contributed by atoms with Gasteiger partial charge in [-0.15, -0.1) is 21.4 Å². The summed E-state index contributed by atoms with van der Waals surface area (Å²) in [4.78, 5) is 5.89. The molecule has 34 heavy (non-hydrogen) atoms. The number of benzene rings is 2. The third-order valence-corrected chi connectivity index (χ3v) is 5.25. The number of nitrogens with zero attached hydrogens (tertiary/aromatic N) is 2. The number of ether oxygens (including phenoxy) is 3. The molecule has 0 bridgehead atoms. The predicted molar refractivity (Wildman–Crippen MR) is 138 cm³/mol. The normalized spacial score (nSPS) is 13.9. The lowest BCUT2D eigenvalue weighted by atomic mass is 10.0. The number of nitrogens with two attached hydrogens (primary N) is 1. The number of hydrogen-bond acceptors (Lipinski definition) is 7. The lowest BCUT2D eigenvalue weighted by Gasteiger charge is -2.16. The van der Waals surface area contributed by atoms with Gasteiger partial charge < -0.3 is 24.8 Å². The zero-order chi connectivity index (χ0) is 25.9. The summed E-state index contributed by atoms with van der Waals surface area (Å²) in [5, 5.41) is 0. The summed E-state index contributed by atoms with van der Waals surface area (Å²) in [7, 11) is 2.15. The Hall–Kier alpha value is -2.36. The molecule has 0 fully saturated rings. The van der Waals surface area contributed by atoms with E-state index < -0.39 is 12.5 Å². The van der Waals surface area contributed by atoms with E-state index in [0.717, 1.165) is 25.3 Å². The van der Waals surface area contributed by atoms with E-state index in [0.29, 0.717) is 11.5 Å². The molecular weight excluding hydrogens is 460 g/mol. The van der Waals surface area contributed by atoms with E-state index >= 15 is 0 Å². The molecular formula is C25H37F2N3O3S. The van der Waals surface area contributed by atoms with Crippen LogP contribution < -0.4 is 19.9 Å². The molecule has 3 rings (SSSR count). The number of alkyl halides is 2. The number of aliphatic imine (C=N–C) groups is 1. The zero-order valence-corrected chi connectivity index (χ0v) is 21.8. The van der Waals surface area contributed by atoms with Crippen molar-refractivity contribution in [3.63, 3.8) is 0 Å². The van der Waals surface area contributed by atoms with Crippen molar-refractivity contribution in [1.82, 2.24) is 4.90 Å². The Morgan fingerprint density at radius 2 is 1.79 bits per heavy atom. The lowest BCUT2D eigenvalue weighted by molar-refractivity contribution is -0.286. The van der Waals surface area contributed by atoms with Crippen LogP contribution in [0, 0.1) is 13.8 Å². The van der Waals surface area contributed by atoms with Crippen molar-refractivity contribution in [2.24, 2.45) is 10.7 Å². The summed E-state index contributed by atoms with van der Waals surface area (Å²) in [5.41, 5.74) is 9.98. The Bertz CT molecular complexity index is 929. The monoisotopic (exact) mass is 497 g/mol. The average molecular weight is 498 g/mol. The Morgan fingerprint density at radius 3 is 2.38 bits per heavy atom. The van der Waals surface area contributed by atoms with Crippen LogP contribution in [0.5, 0.6) is 17.2 Å². The number of rotatable bonds is 8. The standard InChI is InChI=1S/C14H23NOS.C9H8F2N2O2.C2H6/c1-5-15(4)7-6-13-8-12(3)14(16-10-17)9-11(13)2;1-13-8(12)5-2-3-6-7(4-5)15-9(10,11)14-6;1-2/h8-9,17H,5-7,10H2,1-4H3;2-4,8H,1,12H2;1-2H3. The number of likely N-dealkylation sites (N-methyl/N-ethyl adjacent to an activating group) is 1. The topological polar surface area (TPSA) is 69.3 Å². The van der Waals surface area contributed by atoms with Gasteiger partial charge in [-0.25, -0.2) is 0 Å². The van der Waals surface area contributed by atoms with Crippen molar-refractivity contribution in [3.8, 4) is 17.2 Å². The largest absolute Gasteiger partial charge is 0.586 e. The van der Waals surface area contributed by atoms with Crippen LogP contribution in [0.4, 0.5) is 8.78 Å². The molecule has 9 heteroatoms. The van der Waals surface area contributed by atoms with Gasteiger partial charge in [0.25, 0.3) is 0 Å². The summed E-state index contributed by atoms with van der Waals surface area (Å²) in [6, 6.07) is 8.60. The molecule has 0 spiro atoms. The second kappa shape index (κ2) is 14.1. The average Bonchev–Trinajstić information content (AvgIpc) is 3.14. The van der Waals surface area contributed by atoms with Gasteiger partial charge in [0.05, 0.1) is 0 Å². The predicted octanol–water partition coefficient (Wildman–Crippen LogP) is 5.76. The number of aryl methyl sites for hydroxylation is 2. The number of thiol groups is 1. The first-order valence-electron chi connectivity index (χ1n) is 11.2. The zero-order valence-electron chi connectivity index (χ0n) is 20.9. The molecule has 1 aliphatic heterocycles. The van der Waals surface area contributed by atoms with Crippen LogP contribution >= 0.6 is 12.6 Å². The first-order chi connectivity index (χ1) is 16.1. The number of hydrogen-bond donors (Lipinski definition) is 2. The van der Waals surface area contributed by atoms with Crippen molar-refractivity contribution in [2.45, 2.75) is 53.5 Å². The van der Waals surface area contributed by atoms with E-state index in [1.54, 1.807) is 0 Å². The van der Waals surface area contributed by atoms with Crippen LogP contribution in [0.15, 0.2) is 35.3 Å². The van der Waals surface area contributed by atoms with Crippen molar-refractivity contribution in [1.29, 1.82) is 0 Å². The third kappa shape index (κ3) is 8.77. The summed E-state index contributed by atoms with van der Waals surface area (Å²) < 4.78 is 39.2. The molecule has 1 unspecified atom stereocenters. The maximum absolute atomic E-state index is 12.6. The van der Waals surface area contributed by atoms with E-state index in [1.807, 2.05) is 13.8 Å². The highest BCUT2D eigenvalue weighted by atomic mass is 32.1. The molecule has 0 aliphatic carbocycles. The minimum absolute atomic E-state index is 0.0139. The fourth-order valence-electron chi connectivity index (χ4n) is 3.07. The summed E-state index contributed by atoms with van der Waals surface area (Å²) >= 11 is 4.09. The van der Waals surface area contributed by atoms with Gasteiger partial charge in [0.15, 0.2) is 11.5 Å². The molecule has 1 aliphatic rings. The van der Waals surface area contributed by atoms with E-state index in [-0.39, 0.29) is 11.5 Å². The molecule has 6 nitrogen and oxygen atoms in total. The van der Waals surface area contributed by atoms with Crippen molar-refractivity contribution < 1.29 is 23.0 Å². The van der Waals surface area contributed by atoms with E-state index in [2.05, 4.69) is 78.7 Å². The minimum Gasteiger partial charge on any atom is -0.483 e. The molecule has 0 saturated heterocycles. The quantitative estimate of drug-likeness (QED) is 0.276. The SMILES string of the molecule is C=NC(N)c1ccc2c(c1)OC(F)(F)O2.CC.CCN(C)CCc1cc(C)c(OCS)cc1C. The summed E-state index contributed by atoms with van der Waals surface area (Å²) in [6.07, 6.45) is -3.17. The van der Waals surface area contributed by atoms with E-state index in [4.69, 9.17) is 10.5 Å². The van der Waals surface area contributed by atoms with Gasteiger partial charge in [0.2, 0.25) is 0 Å². The van der Waals surface area contributed by atoms with Crippen LogP contribution in [0.1, 0.15) is 49.2 Å². The van der Waals surface area contributed by atoms with Crippen LogP contribution in [0.2, 0.25) is 0 Å². The minimum atomic E-state index is -3.60. The Balaban J connectivity index is 0.000000318. The van der Waals surface area contributed by atoms with Gasteiger partial charge in [-0.2, -0.15) is 0 Å². The Morgan fingerprint density at radius 1 is 1.15 bits per heavy atom. The first kappa shape index (κ1) is 29.7. The van der Waals surface area contributed by atoms with Crippen LogP contribution in [0.25, 0.3) is 0 Å². The summed E-state index contributed by atoms with van der Waals surface area (Å²) in [5.74, 6) is 1.32. The van der Waals surface area contributed by atoms with Gasteiger partial charge in [-0.1, -0.05) is 32.9 Å². The smallest absolute Gasteiger partial charge is 0.483 e. The molecule has 2 aromatic rings. The van der Waals surface area contributed by atoms with Gasteiger partial charge in [-0.05, 0) is 81.0 Å². The van der Waals surface area contributed by atoms with Gasteiger partial charge >= 0.3 is 6.29 Å². The molecule has 0 radical (unpaired) electrons. The van der Waals surface area contributed by atoms with Gasteiger partial charge in [0, 0.05) is 6.54 Å². The molecule has 1 heterocycles. The molecule has 0 aromatic heterocycles. The summed E-state index contributed by atoms with van der Waals surface area (Å²) in [6.45, 7) is 15.9. The fraction of sp³-hybridized carbons (Fsp3) is 0.480. The van der Waals surface area contributed by atoms with Crippen LogP contribution in [-0.2, 0) is 6.42 Å². The Labute approximate surface area is 207 Å². The van der Waals surface area contributed by atoms with Crippen LogP contribution in [-0.4, -0.2) is 44.0 Å². The maximum atomic E-state index is 12.6. The highest BCUT2D eigenvalue weighted by molar-refractivity contribution is 7.80.